The summed E-state index contributed by atoms with van der Waals surface area (Å²) in [6.07, 6.45) is 0. The van der Waals surface area contributed by atoms with Crippen molar-refractivity contribution in [3.05, 3.63) is 35.1 Å². The second-order valence-corrected chi connectivity index (χ2v) is 8.93. The van der Waals surface area contributed by atoms with E-state index >= 15 is 0 Å². The molecule has 1 aromatic carbocycles. The number of aliphatic hydroxyl groups is 2. The van der Waals surface area contributed by atoms with Gasteiger partial charge in [-0.05, 0) is 40.7 Å². The monoisotopic (exact) mass is 367 g/mol. The molecule has 0 saturated heterocycles. The van der Waals surface area contributed by atoms with Crippen LogP contribution >= 0.6 is 0 Å². The smallest absolute Gasteiger partial charge is 0.306 e. The number of hydrogen-bond acceptors (Lipinski definition) is 4. The maximum absolute atomic E-state index is 14.6. The summed E-state index contributed by atoms with van der Waals surface area (Å²) in [6.45, 7) is 6.18. The minimum absolute atomic E-state index is 0.0986. The van der Waals surface area contributed by atoms with E-state index in [0.717, 1.165) is 13.0 Å². The van der Waals surface area contributed by atoms with Gasteiger partial charge in [-0.25, -0.2) is 4.39 Å². The van der Waals surface area contributed by atoms with Crippen molar-refractivity contribution in [2.75, 3.05) is 6.61 Å². The molecule has 0 spiro atoms. The molecule has 0 amide bonds. The van der Waals surface area contributed by atoms with Crippen molar-refractivity contribution in [3.8, 4) is 0 Å². The highest BCUT2D eigenvalue weighted by Gasteiger charge is 2.52. The van der Waals surface area contributed by atoms with Gasteiger partial charge in [-0.3, -0.25) is 0 Å². The summed E-state index contributed by atoms with van der Waals surface area (Å²) in [7, 11) is 0. The number of hydrogen-bond donors (Lipinski definition) is 3. The van der Waals surface area contributed by atoms with Gasteiger partial charge < -0.3 is 14.8 Å². The maximum Gasteiger partial charge on any atom is 0.306 e. The van der Waals surface area contributed by atoms with E-state index in [4.69, 9.17) is 5.11 Å². The molecule has 0 heterocycles. The van der Waals surface area contributed by atoms with Crippen LogP contribution in [-0.2, 0) is 17.3 Å². The van der Waals surface area contributed by atoms with Crippen molar-refractivity contribution in [1.82, 2.24) is 4.72 Å². The molecule has 0 unspecified atom stereocenters. The molecule has 0 aliphatic carbocycles. The van der Waals surface area contributed by atoms with E-state index in [-0.39, 0.29) is 5.56 Å². The summed E-state index contributed by atoms with van der Waals surface area (Å²) in [4.78, 5) is 0. The summed E-state index contributed by atoms with van der Waals surface area (Å²) in [5.41, 5.74) is -3.93. The van der Waals surface area contributed by atoms with Crippen molar-refractivity contribution in [2.45, 2.75) is 56.9 Å². The Hall–Kier alpha value is -0.800. The average molecular weight is 367 g/mol. The minimum atomic E-state index is -4.00. The highest BCUT2D eigenvalue weighted by Crippen LogP contribution is 2.41. The van der Waals surface area contributed by atoms with Crippen LogP contribution in [-0.4, -0.2) is 31.7 Å². The van der Waals surface area contributed by atoms with E-state index in [1.54, 1.807) is 20.8 Å². The minimum Gasteiger partial charge on any atom is -0.598 e. The van der Waals surface area contributed by atoms with Gasteiger partial charge in [0.15, 0.2) is 5.60 Å². The molecule has 24 heavy (non-hydrogen) atoms. The fourth-order valence-electron chi connectivity index (χ4n) is 1.92. The van der Waals surface area contributed by atoms with Gasteiger partial charge >= 0.3 is 5.92 Å². The van der Waals surface area contributed by atoms with Crippen LogP contribution in [0, 0.1) is 5.82 Å². The summed E-state index contributed by atoms with van der Waals surface area (Å²) in [5, 5.41) is 18.6. The molecule has 138 valence electrons. The molecule has 3 N–H and O–H groups in total. The molecule has 1 rings (SSSR count). The molecule has 0 saturated carbocycles. The third-order valence-electron chi connectivity index (χ3n) is 3.66. The van der Waals surface area contributed by atoms with E-state index in [2.05, 4.69) is 4.72 Å². The number of alkyl halides is 2. The Bertz CT molecular complexity index is 576. The first-order chi connectivity index (χ1) is 10.8. The average Bonchev–Trinajstić information content (AvgIpc) is 2.45. The molecular weight excluding hydrogens is 343 g/mol. The van der Waals surface area contributed by atoms with Crippen LogP contribution in [0.3, 0.4) is 0 Å². The second kappa shape index (κ2) is 7.21. The highest BCUT2D eigenvalue weighted by molar-refractivity contribution is 7.90. The summed E-state index contributed by atoms with van der Waals surface area (Å²) in [6, 6.07) is 2.60. The molecule has 0 radical (unpaired) electrons. The molecule has 0 fully saturated rings. The first kappa shape index (κ1) is 21.2. The predicted octanol–water partition coefficient (Wildman–Crippen LogP) is 2.77. The zero-order chi connectivity index (χ0) is 18.9. The molecule has 8 heteroatoms. The summed E-state index contributed by atoms with van der Waals surface area (Å²) < 4.78 is 57.5. The molecule has 4 nitrogen and oxygen atoms in total. The number of aliphatic hydroxyl groups excluding tert-OH is 1. The molecular formula is C16H24F3NO3S. The SMILES string of the molecule is C[C@@H](N[S@+]([O-])C(C)(C)C)c1cccc(C(F)(F)[C@](C)(O)CO)c1F. The Morgan fingerprint density at radius 3 is 2.25 bits per heavy atom. The Morgan fingerprint density at radius 2 is 1.79 bits per heavy atom. The molecule has 0 aromatic heterocycles. The Kier molecular flexibility index (Phi) is 6.38. The summed E-state index contributed by atoms with van der Waals surface area (Å²) in [5.74, 6) is -5.20. The van der Waals surface area contributed by atoms with Gasteiger partial charge in [-0.2, -0.15) is 8.78 Å². The zero-order valence-corrected chi connectivity index (χ0v) is 15.2. The Labute approximate surface area is 143 Å². The normalized spacial score (nSPS) is 18.1. The van der Waals surface area contributed by atoms with Crippen molar-refractivity contribution in [1.29, 1.82) is 0 Å². The number of rotatable bonds is 6. The quantitative estimate of drug-likeness (QED) is 0.676. The summed E-state index contributed by atoms with van der Waals surface area (Å²) >= 11 is -1.52. The maximum atomic E-state index is 14.6. The van der Waals surface area contributed by atoms with Gasteiger partial charge in [-0.1, -0.05) is 12.1 Å². The fourth-order valence-corrected chi connectivity index (χ4v) is 2.72. The van der Waals surface area contributed by atoms with Crippen molar-refractivity contribution >= 4 is 11.4 Å². The molecule has 0 aliphatic heterocycles. The molecule has 0 bridgehead atoms. The lowest BCUT2D eigenvalue weighted by Gasteiger charge is -2.32. The lowest BCUT2D eigenvalue weighted by Crippen LogP contribution is -2.47. The Balaban J connectivity index is 3.23. The van der Waals surface area contributed by atoms with E-state index in [1.165, 1.54) is 19.1 Å². The standard InChI is InChI=1S/C16H24F3NO3S/c1-10(20-24(23)14(2,3)4)11-7-6-8-12(13(11)17)16(18,19)15(5,22)9-21/h6-8,10,20-22H,9H2,1-5H3/t10-,15-,24-/m1/s1. The highest BCUT2D eigenvalue weighted by atomic mass is 32.2. The zero-order valence-electron chi connectivity index (χ0n) is 14.4. The lowest BCUT2D eigenvalue weighted by molar-refractivity contribution is -0.197. The van der Waals surface area contributed by atoms with Gasteiger partial charge in [0.05, 0.1) is 18.2 Å². The largest absolute Gasteiger partial charge is 0.598 e. The van der Waals surface area contributed by atoms with Crippen LogP contribution < -0.4 is 4.72 Å². The van der Waals surface area contributed by atoms with Crippen LogP contribution in [0.1, 0.15) is 51.8 Å². The first-order valence-corrected chi connectivity index (χ1v) is 8.58. The molecule has 3 atom stereocenters. The van der Waals surface area contributed by atoms with Crippen LogP contribution in [0.5, 0.6) is 0 Å². The van der Waals surface area contributed by atoms with E-state index < -0.39 is 51.7 Å². The topological polar surface area (TPSA) is 75.5 Å². The lowest BCUT2D eigenvalue weighted by atomic mass is 9.90. The van der Waals surface area contributed by atoms with Crippen molar-refractivity contribution in [3.63, 3.8) is 0 Å². The number of nitrogens with one attached hydrogen (secondary N) is 1. The Morgan fingerprint density at radius 1 is 1.25 bits per heavy atom. The second-order valence-electron chi connectivity index (χ2n) is 6.94. The fraction of sp³-hybridized carbons (Fsp3) is 0.625. The third-order valence-corrected chi connectivity index (χ3v) is 5.34. The van der Waals surface area contributed by atoms with Crippen molar-refractivity contribution in [2.24, 2.45) is 0 Å². The van der Waals surface area contributed by atoms with Gasteiger partial charge in [-0.15, -0.1) is 4.72 Å². The van der Waals surface area contributed by atoms with E-state index in [0.29, 0.717) is 0 Å². The van der Waals surface area contributed by atoms with Crippen LogP contribution in [0.15, 0.2) is 18.2 Å². The van der Waals surface area contributed by atoms with Gasteiger partial charge in [0.2, 0.25) is 0 Å². The third kappa shape index (κ3) is 4.23. The van der Waals surface area contributed by atoms with Gasteiger partial charge in [0.25, 0.3) is 0 Å². The van der Waals surface area contributed by atoms with Crippen molar-refractivity contribution < 1.29 is 27.9 Å². The molecule has 1 aromatic rings. The number of benzene rings is 1. The molecule has 0 aliphatic rings. The van der Waals surface area contributed by atoms with Gasteiger partial charge in [0, 0.05) is 16.9 Å². The van der Waals surface area contributed by atoms with E-state index in [1.807, 2.05) is 0 Å². The predicted molar refractivity (Wildman–Crippen MR) is 87.4 cm³/mol. The number of halogens is 3. The van der Waals surface area contributed by atoms with Crippen LogP contribution in [0.4, 0.5) is 13.2 Å². The van der Waals surface area contributed by atoms with Gasteiger partial charge in [0.1, 0.15) is 10.6 Å². The first-order valence-electron chi connectivity index (χ1n) is 7.43. The van der Waals surface area contributed by atoms with Crippen LogP contribution in [0.25, 0.3) is 0 Å². The van der Waals surface area contributed by atoms with E-state index in [9.17, 15) is 22.8 Å². The van der Waals surface area contributed by atoms with Crippen LogP contribution in [0.2, 0.25) is 0 Å².